The van der Waals surface area contributed by atoms with Gasteiger partial charge in [-0.3, -0.25) is 0 Å². The summed E-state index contributed by atoms with van der Waals surface area (Å²) in [6, 6.07) is 3.81. The largest absolute Gasteiger partial charge is 0.380 e. The van der Waals surface area contributed by atoms with Gasteiger partial charge in [0.25, 0.3) is 0 Å². The topological polar surface area (TPSA) is 81.4 Å². The van der Waals surface area contributed by atoms with E-state index in [9.17, 15) is 12.8 Å². The predicted molar refractivity (Wildman–Crippen MR) is 75.2 cm³/mol. The van der Waals surface area contributed by atoms with Crippen molar-refractivity contribution in [1.82, 2.24) is 4.72 Å². The molecule has 1 aromatic carbocycles. The van der Waals surface area contributed by atoms with Gasteiger partial charge in [0, 0.05) is 19.7 Å². The van der Waals surface area contributed by atoms with Crippen LogP contribution in [0.1, 0.15) is 25.3 Å². The van der Waals surface area contributed by atoms with Crippen molar-refractivity contribution in [1.29, 1.82) is 0 Å². The van der Waals surface area contributed by atoms with E-state index in [4.69, 9.17) is 10.5 Å². The van der Waals surface area contributed by atoms with Crippen molar-refractivity contribution in [3.63, 3.8) is 0 Å². The van der Waals surface area contributed by atoms with Crippen LogP contribution in [0.5, 0.6) is 0 Å². The third-order valence-electron chi connectivity index (χ3n) is 2.70. The van der Waals surface area contributed by atoms with Gasteiger partial charge in [0.05, 0.1) is 6.61 Å². The fraction of sp³-hybridized carbons (Fsp3) is 0.538. The lowest BCUT2D eigenvalue weighted by atomic mass is 10.2. The number of sulfonamides is 1. The first kappa shape index (κ1) is 17.0. The molecule has 0 aliphatic heterocycles. The summed E-state index contributed by atoms with van der Waals surface area (Å²) in [6.07, 6.45) is 1.95. The van der Waals surface area contributed by atoms with Gasteiger partial charge in [-0.1, -0.05) is 19.4 Å². The zero-order chi connectivity index (χ0) is 15.0. The van der Waals surface area contributed by atoms with Gasteiger partial charge in [-0.2, -0.15) is 0 Å². The molecular weight excluding hydrogens is 283 g/mol. The van der Waals surface area contributed by atoms with Gasteiger partial charge >= 0.3 is 0 Å². The fourth-order valence-electron chi connectivity index (χ4n) is 1.56. The van der Waals surface area contributed by atoms with Crippen molar-refractivity contribution in [3.8, 4) is 0 Å². The van der Waals surface area contributed by atoms with Gasteiger partial charge < -0.3 is 10.5 Å². The molecular formula is C13H21FN2O3S. The van der Waals surface area contributed by atoms with E-state index < -0.39 is 15.8 Å². The molecule has 0 saturated carbocycles. The average molecular weight is 304 g/mol. The fourth-order valence-corrected chi connectivity index (χ4v) is 2.69. The Bertz CT molecular complexity index is 520. The number of unbranched alkanes of at least 4 members (excludes halogenated alkanes) is 1. The lowest BCUT2D eigenvalue weighted by Crippen LogP contribution is -2.28. The second-order valence-electron chi connectivity index (χ2n) is 4.33. The molecule has 0 amide bonds. The molecule has 0 aromatic heterocycles. The molecule has 0 fully saturated rings. The maximum Gasteiger partial charge on any atom is 0.243 e. The maximum absolute atomic E-state index is 13.6. The van der Waals surface area contributed by atoms with Gasteiger partial charge in [0.1, 0.15) is 10.7 Å². The van der Waals surface area contributed by atoms with Crippen LogP contribution in [0, 0.1) is 5.82 Å². The Balaban J connectivity index is 2.60. The summed E-state index contributed by atoms with van der Waals surface area (Å²) in [4.78, 5) is -0.381. The Labute approximate surface area is 119 Å². The Hall–Kier alpha value is -1.02. The quantitative estimate of drug-likeness (QED) is 0.675. The second kappa shape index (κ2) is 8.31. The average Bonchev–Trinajstić information content (AvgIpc) is 2.43. The minimum Gasteiger partial charge on any atom is -0.380 e. The van der Waals surface area contributed by atoms with Gasteiger partial charge in [-0.15, -0.1) is 0 Å². The van der Waals surface area contributed by atoms with Crippen LogP contribution in [0.15, 0.2) is 23.1 Å². The number of hydrogen-bond donors (Lipinski definition) is 2. The summed E-state index contributed by atoms with van der Waals surface area (Å²) in [5, 5.41) is 0. The summed E-state index contributed by atoms with van der Waals surface area (Å²) in [5.74, 6) is -0.790. The molecule has 1 rings (SSSR count). The Morgan fingerprint density at radius 2 is 2.10 bits per heavy atom. The van der Waals surface area contributed by atoms with Gasteiger partial charge in [0.15, 0.2) is 0 Å². The molecule has 0 unspecified atom stereocenters. The normalized spacial score (nSPS) is 11.8. The number of nitrogens with two attached hydrogens (primary N) is 1. The molecule has 0 saturated heterocycles. The second-order valence-corrected chi connectivity index (χ2v) is 6.07. The Morgan fingerprint density at radius 1 is 1.35 bits per heavy atom. The highest BCUT2D eigenvalue weighted by atomic mass is 32.2. The standard InChI is InChI=1S/C13H21FN2O3S/c1-2-3-7-19-8-6-16-20(17,18)13-9-11(10-15)4-5-12(13)14/h4-5,9,16H,2-3,6-8,10,15H2,1H3. The molecule has 0 aliphatic carbocycles. The molecule has 114 valence electrons. The molecule has 3 N–H and O–H groups in total. The van der Waals surface area contributed by atoms with Gasteiger partial charge in [-0.05, 0) is 24.1 Å². The number of nitrogens with one attached hydrogen (secondary N) is 1. The Kier molecular flexibility index (Phi) is 7.08. The van der Waals surface area contributed by atoms with Crippen LogP contribution in [0.3, 0.4) is 0 Å². The number of ether oxygens (including phenoxy) is 1. The molecule has 5 nitrogen and oxygen atoms in total. The van der Waals surface area contributed by atoms with Crippen molar-refractivity contribution in [2.45, 2.75) is 31.2 Å². The van der Waals surface area contributed by atoms with Crippen LogP contribution in [-0.4, -0.2) is 28.2 Å². The van der Waals surface area contributed by atoms with Crippen molar-refractivity contribution in [2.24, 2.45) is 5.73 Å². The molecule has 0 atom stereocenters. The summed E-state index contributed by atoms with van der Waals surface area (Å²) in [5.41, 5.74) is 5.98. The molecule has 7 heteroatoms. The van der Waals surface area contributed by atoms with Crippen LogP contribution in [0.4, 0.5) is 4.39 Å². The highest BCUT2D eigenvalue weighted by molar-refractivity contribution is 7.89. The Morgan fingerprint density at radius 3 is 2.75 bits per heavy atom. The SMILES string of the molecule is CCCCOCCNS(=O)(=O)c1cc(CN)ccc1F. The third-order valence-corrected chi connectivity index (χ3v) is 4.18. The van der Waals surface area contributed by atoms with E-state index in [-0.39, 0.29) is 24.6 Å². The van der Waals surface area contributed by atoms with E-state index in [2.05, 4.69) is 4.72 Å². The minimum atomic E-state index is -3.88. The summed E-state index contributed by atoms with van der Waals surface area (Å²) >= 11 is 0. The van der Waals surface area contributed by atoms with Gasteiger partial charge in [-0.25, -0.2) is 17.5 Å². The van der Waals surface area contributed by atoms with E-state index in [1.165, 1.54) is 12.1 Å². The van der Waals surface area contributed by atoms with E-state index in [0.717, 1.165) is 18.9 Å². The van der Waals surface area contributed by atoms with Crippen molar-refractivity contribution >= 4 is 10.0 Å². The van der Waals surface area contributed by atoms with Crippen LogP contribution >= 0.6 is 0 Å². The highest BCUT2D eigenvalue weighted by Gasteiger charge is 2.18. The van der Waals surface area contributed by atoms with Gasteiger partial charge in [0.2, 0.25) is 10.0 Å². The molecule has 0 aliphatic rings. The summed E-state index contributed by atoms with van der Waals surface area (Å²) in [6.45, 7) is 3.16. The molecule has 20 heavy (non-hydrogen) atoms. The van der Waals surface area contributed by atoms with Crippen LogP contribution in [0.2, 0.25) is 0 Å². The van der Waals surface area contributed by atoms with Crippen LogP contribution in [0.25, 0.3) is 0 Å². The molecule has 0 heterocycles. The third kappa shape index (κ3) is 5.16. The van der Waals surface area contributed by atoms with Crippen LogP contribution in [-0.2, 0) is 21.3 Å². The zero-order valence-electron chi connectivity index (χ0n) is 11.6. The van der Waals surface area contributed by atoms with E-state index in [0.29, 0.717) is 12.2 Å². The molecule has 0 bridgehead atoms. The van der Waals surface area contributed by atoms with Crippen molar-refractivity contribution in [3.05, 3.63) is 29.6 Å². The molecule has 0 radical (unpaired) electrons. The monoisotopic (exact) mass is 304 g/mol. The summed E-state index contributed by atoms with van der Waals surface area (Å²) < 4.78 is 45.1. The summed E-state index contributed by atoms with van der Waals surface area (Å²) in [7, 11) is -3.88. The molecule has 0 spiro atoms. The minimum absolute atomic E-state index is 0.109. The van der Waals surface area contributed by atoms with E-state index >= 15 is 0 Å². The predicted octanol–water partition coefficient (Wildman–Crippen LogP) is 1.38. The molecule has 1 aromatic rings. The van der Waals surface area contributed by atoms with Crippen molar-refractivity contribution in [2.75, 3.05) is 19.8 Å². The first-order valence-electron chi connectivity index (χ1n) is 6.57. The first-order valence-corrected chi connectivity index (χ1v) is 8.05. The lowest BCUT2D eigenvalue weighted by Gasteiger charge is -2.09. The highest BCUT2D eigenvalue weighted by Crippen LogP contribution is 2.15. The maximum atomic E-state index is 13.6. The smallest absolute Gasteiger partial charge is 0.243 e. The number of halogens is 1. The van der Waals surface area contributed by atoms with Crippen molar-refractivity contribution < 1.29 is 17.5 Å². The zero-order valence-corrected chi connectivity index (χ0v) is 12.4. The first-order chi connectivity index (χ1) is 9.51. The number of hydrogen-bond acceptors (Lipinski definition) is 4. The van der Waals surface area contributed by atoms with Crippen LogP contribution < -0.4 is 10.5 Å². The number of benzene rings is 1. The van der Waals surface area contributed by atoms with E-state index in [1.54, 1.807) is 0 Å². The number of rotatable bonds is 9. The van der Waals surface area contributed by atoms with E-state index in [1.807, 2.05) is 6.92 Å². The lowest BCUT2D eigenvalue weighted by molar-refractivity contribution is 0.136.